The zero-order chi connectivity index (χ0) is 14.0. The highest BCUT2D eigenvalue weighted by Crippen LogP contribution is 2.47. The zero-order valence-corrected chi connectivity index (χ0v) is 12.4. The topological polar surface area (TPSA) is 21.3 Å². The summed E-state index contributed by atoms with van der Waals surface area (Å²) in [6.07, 6.45) is 2.22. The third kappa shape index (κ3) is 2.72. The SMILES string of the molecule is CCOC1CC(Nc2cc(F)ccc2Cl)C1(C)CC. The molecule has 0 saturated heterocycles. The summed E-state index contributed by atoms with van der Waals surface area (Å²) in [5, 5.41) is 3.92. The first-order valence-corrected chi connectivity index (χ1v) is 7.22. The molecule has 3 unspecified atom stereocenters. The van der Waals surface area contributed by atoms with Crippen LogP contribution in [0.2, 0.25) is 5.02 Å². The van der Waals surface area contributed by atoms with Crippen LogP contribution in [0.3, 0.4) is 0 Å². The molecule has 0 aliphatic heterocycles. The maximum atomic E-state index is 13.3. The number of anilines is 1. The third-order valence-corrected chi connectivity index (χ3v) is 4.70. The summed E-state index contributed by atoms with van der Waals surface area (Å²) >= 11 is 6.09. The molecule has 0 bridgehead atoms. The fourth-order valence-electron chi connectivity index (χ4n) is 2.77. The van der Waals surface area contributed by atoms with Gasteiger partial charge in [-0.15, -0.1) is 0 Å². The van der Waals surface area contributed by atoms with Crippen LogP contribution in [0.4, 0.5) is 10.1 Å². The Labute approximate surface area is 119 Å². The maximum Gasteiger partial charge on any atom is 0.125 e. The largest absolute Gasteiger partial charge is 0.380 e. The van der Waals surface area contributed by atoms with Gasteiger partial charge in [0.05, 0.1) is 16.8 Å². The number of benzene rings is 1. The van der Waals surface area contributed by atoms with E-state index in [2.05, 4.69) is 19.2 Å². The van der Waals surface area contributed by atoms with Crippen LogP contribution in [-0.2, 0) is 4.74 Å². The van der Waals surface area contributed by atoms with Crippen molar-refractivity contribution in [3.05, 3.63) is 29.0 Å². The molecule has 19 heavy (non-hydrogen) atoms. The van der Waals surface area contributed by atoms with Gasteiger partial charge >= 0.3 is 0 Å². The molecule has 1 aliphatic rings. The quantitative estimate of drug-likeness (QED) is 0.861. The van der Waals surface area contributed by atoms with Crippen molar-refractivity contribution >= 4 is 17.3 Å². The van der Waals surface area contributed by atoms with E-state index in [1.165, 1.54) is 12.1 Å². The normalized spacial score (nSPS) is 29.9. The molecular formula is C15H21ClFNO. The van der Waals surface area contributed by atoms with Gasteiger partial charge in [0, 0.05) is 18.1 Å². The van der Waals surface area contributed by atoms with Crippen LogP contribution in [0, 0.1) is 11.2 Å². The van der Waals surface area contributed by atoms with E-state index >= 15 is 0 Å². The lowest BCUT2D eigenvalue weighted by molar-refractivity contribution is -0.109. The molecule has 0 aromatic heterocycles. The number of ether oxygens (including phenoxy) is 1. The van der Waals surface area contributed by atoms with Gasteiger partial charge in [-0.05, 0) is 38.0 Å². The molecule has 1 aromatic carbocycles. The van der Waals surface area contributed by atoms with Crippen molar-refractivity contribution in [1.82, 2.24) is 0 Å². The molecule has 3 atom stereocenters. The Morgan fingerprint density at radius 3 is 2.84 bits per heavy atom. The lowest BCUT2D eigenvalue weighted by Gasteiger charge is -2.54. The predicted octanol–water partition coefficient (Wildman–Crippen LogP) is 4.48. The Morgan fingerprint density at radius 1 is 1.47 bits per heavy atom. The second-order valence-electron chi connectivity index (χ2n) is 5.36. The van der Waals surface area contributed by atoms with Crippen molar-refractivity contribution in [3.63, 3.8) is 0 Å². The number of hydrogen-bond donors (Lipinski definition) is 1. The first-order valence-electron chi connectivity index (χ1n) is 6.84. The van der Waals surface area contributed by atoms with E-state index in [-0.39, 0.29) is 23.4 Å². The average molecular weight is 286 g/mol. The average Bonchev–Trinajstić information content (AvgIpc) is 2.40. The van der Waals surface area contributed by atoms with Gasteiger partial charge in [0.1, 0.15) is 5.82 Å². The summed E-state index contributed by atoms with van der Waals surface area (Å²) in [4.78, 5) is 0. The van der Waals surface area contributed by atoms with Crippen LogP contribution in [0.1, 0.15) is 33.6 Å². The van der Waals surface area contributed by atoms with Crippen molar-refractivity contribution in [1.29, 1.82) is 0 Å². The minimum Gasteiger partial charge on any atom is -0.380 e. The molecule has 1 fully saturated rings. The Morgan fingerprint density at radius 2 is 2.21 bits per heavy atom. The lowest BCUT2D eigenvalue weighted by Crippen LogP contribution is -2.59. The lowest BCUT2D eigenvalue weighted by atomic mass is 9.61. The second-order valence-corrected chi connectivity index (χ2v) is 5.77. The van der Waals surface area contributed by atoms with Crippen LogP contribution in [0.15, 0.2) is 18.2 Å². The molecule has 1 saturated carbocycles. The van der Waals surface area contributed by atoms with Crippen LogP contribution in [0.5, 0.6) is 0 Å². The van der Waals surface area contributed by atoms with Gasteiger partial charge in [0.2, 0.25) is 0 Å². The van der Waals surface area contributed by atoms with Crippen LogP contribution < -0.4 is 5.32 Å². The van der Waals surface area contributed by atoms with E-state index in [4.69, 9.17) is 16.3 Å². The molecule has 1 N–H and O–H groups in total. The predicted molar refractivity (Wildman–Crippen MR) is 77.2 cm³/mol. The monoisotopic (exact) mass is 285 g/mol. The highest BCUT2D eigenvalue weighted by molar-refractivity contribution is 6.33. The zero-order valence-electron chi connectivity index (χ0n) is 11.7. The van der Waals surface area contributed by atoms with Gasteiger partial charge in [-0.25, -0.2) is 4.39 Å². The molecule has 1 aromatic rings. The van der Waals surface area contributed by atoms with Crippen LogP contribution in [-0.4, -0.2) is 18.8 Å². The number of halogens is 2. The van der Waals surface area contributed by atoms with Crippen LogP contribution in [0.25, 0.3) is 0 Å². The molecular weight excluding hydrogens is 265 g/mol. The summed E-state index contributed by atoms with van der Waals surface area (Å²) in [6, 6.07) is 4.68. The van der Waals surface area contributed by atoms with Gasteiger partial charge in [0.25, 0.3) is 0 Å². The van der Waals surface area contributed by atoms with E-state index in [1.54, 1.807) is 6.07 Å². The molecule has 0 heterocycles. The molecule has 0 amide bonds. The van der Waals surface area contributed by atoms with E-state index in [9.17, 15) is 4.39 Å². The fourth-order valence-corrected chi connectivity index (χ4v) is 2.94. The minimum atomic E-state index is -0.272. The molecule has 2 nitrogen and oxygen atoms in total. The number of nitrogens with one attached hydrogen (secondary N) is 1. The summed E-state index contributed by atoms with van der Waals surface area (Å²) in [6.45, 7) is 7.11. The smallest absolute Gasteiger partial charge is 0.125 e. The summed E-state index contributed by atoms with van der Waals surface area (Å²) < 4.78 is 19.0. The molecule has 0 spiro atoms. The van der Waals surface area contributed by atoms with Crippen molar-refractivity contribution in [2.24, 2.45) is 5.41 Å². The van der Waals surface area contributed by atoms with E-state index in [1.807, 2.05) is 6.92 Å². The highest BCUT2D eigenvalue weighted by Gasteiger charge is 2.51. The van der Waals surface area contributed by atoms with E-state index in [0.29, 0.717) is 10.7 Å². The summed E-state index contributed by atoms with van der Waals surface area (Å²) in [7, 11) is 0. The van der Waals surface area contributed by atoms with Gasteiger partial charge in [-0.2, -0.15) is 0 Å². The van der Waals surface area contributed by atoms with Crippen LogP contribution >= 0.6 is 11.6 Å². The van der Waals surface area contributed by atoms with Gasteiger partial charge in [0.15, 0.2) is 0 Å². The highest BCUT2D eigenvalue weighted by atomic mass is 35.5. The molecule has 0 radical (unpaired) electrons. The van der Waals surface area contributed by atoms with Crippen molar-refractivity contribution in [2.75, 3.05) is 11.9 Å². The summed E-state index contributed by atoms with van der Waals surface area (Å²) in [5.41, 5.74) is 0.743. The fraction of sp³-hybridized carbons (Fsp3) is 0.600. The first kappa shape index (κ1) is 14.6. The third-order valence-electron chi connectivity index (χ3n) is 4.37. The second kappa shape index (κ2) is 5.68. The maximum absolute atomic E-state index is 13.3. The summed E-state index contributed by atoms with van der Waals surface area (Å²) in [5.74, 6) is -0.272. The molecule has 1 aliphatic carbocycles. The first-order chi connectivity index (χ1) is 9.01. The molecule has 106 valence electrons. The van der Waals surface area contributed by atoms with Crippen molar-refractivity contribution < 1.29 is 9.13 Å². The Kier molecular flexibility index (Phi) is 4.36. The van der Waals surface area contributed by atoms with Crippen molar-refractivity contribution in [2.45, 2.75) is 45.8 Å². The molecule has 4 heteroatoms. The molecule has 2 rings (SSSR count). The van der Waals surface area contributed by atoms with Crippen molar-refractivity contribution in [3.8, 4) is 0 Å². The van der Waals surface area contributed by atoms with E-state index in [0.717, 1.165) is 19.4 Å². The Bertz CT molecular complexity index is 454. The Balaban J connectivity index is 2.10. The Hall–Kier alpha value is -0.800. The van der Waals surface area contributed by atoms with Gasteiger partial charge in [-0.1, -0.05) is 25.4 Å². The minimum absolute atomic E-state index is 0.0751. The number of hydrogen-bond acceptors (Lipinski definition) is 2. The van der Waals surface area contributed by atoms with Gasteiger partial charge < -0.3 is 10.1 Å². The van der Waals surface area contributed by atoms with E-state index < -0.39 is 0 Å². The standard InChI is InChI=1S/C15H21ClFNO/c1-4-15(3)13(9-14(15)19-5-2)18-12-8-10(17)6-7-11(12)16/h6-8,13-14,18H,4-5,9H2,1-3H3. The van der Waals surface area contributed by atoms with Gasteiger partial charge in [-0.3, -0.25) is 0 Å². The number of rotatable bonds is 5.